The fourth-order valence-electron chi connectivity index (χ4n) is 1.99. The van der Waals surface area contributed by atoms with E-state index in [2.05, 4.69) is 15.9 Å². The Balaban J connectivity index is 1.92. The van der Waals surface area contributed by atoms with Crippen LogP contribution < -0.4 is 4.90 Å². The average Bonchev–Trinajstić information content (AvgIpc) is 2.73. The van der Waals surface area contributed by atoms with E-state index in [0.29, 0.717) is 15.1 Å². The summed E-state index contributed by atoms with van der Waals surface area (Å²) in [5.74, 6) is -0.628. The fourth-order valence-corrected chi connectivity index (χ4v) is 3.46. The van der Waals surface area contributed by atoms with Gasteiger partial charge in [0, 0.05) is 4.90 Å². The number of anilines is 1. The molecule has 5 heteroatoms. The van der Waals surface area contributed by atoms with Crippen molar-refractivity contribution < 1.29 is 9.59 Å². The number of para-hydroxylation sites is 1. The zero-order valence-corrected chi connectivity index (χ0v) is 13.2. The van der Waals surface area contributed by atoms with Crippen LogP contribution in [0.15, 0.2) is 74.9 Å². The number of hydrogen-bond acceptors (Lipinski definition) is 3. The van der Waals surface area contributed by atoms with Gasteiger partial charge in [-0.1, -0.05) is 48.2 Å². The summed E-state index contributed by atoms with van der Waals surface area (Å²) in [5, 5.41) is 0. The number of benzene rings is 2. The molecule has 2 aromatic carbocycles. The average molecular weight is 360 g/mol. The largest absolute Gasteiger partial charge is 0.273 e. The second kappa shape index (κ2) is 5.87. The molecule has 1 heterocycles. The van der Waals surface area contributed by atoms with Crippen LogP contribution >= 0.6 is 27.7 Å². The standard InChI is InChI=1S/C16H10BrNO2S/c17-13-14(21-12-9-5-2-6-10-12)16(20)18(15(13)19)11-7-3-1-4-8-11/h1-10H. The maximum Gasteiger partial charge on any atom is 0.273 e. The number of thioether (sulfide) groups is 1. The molecule has 0 aromatic heterocycles. The molecule has 0 saturated heterocycles. The predicted molar refractivity (Wildman–Crippen MR) is 87.2 cm³/mol. The Labute approximate surface area is 134 Å². The predicted octanol–water partition coefficient (Wildman–Crippen LogP) is 3.96. The van der Waals surface area contributed by atoms with Crippen molar-refractivity contribution in [2.75, 3.05) is 4.90 Å². The second-order valence-corrected chi connectivity index (χ2v) is 6.22. The molecule has 0 radical (unpaired) electrons. The SMILES string of the molecule is O=C1C(Br)=C(Sc2ccccc2)C(=O)N1c1ccccc1. The van der Waals surface area contributed by atoms with Gasteiger partial charge in [0.15, 0.2) is 0 Å². The third-order valence-corrected chi connectivity index (χ3v) is 5.05. The summed E-state index contributed by atoms with van der Waals surface area (Å²) >= 11 is 4.54. The highest BCUT2D eigenvalue weighted by Crippen LogP contribution is 2.39. The van der Waals surface area contributed by atoms with Gasteiger partial charge in [0.2, 0.25) is 0 Å². The van der Waals surface area contributed by atoms with Crippen molar-refractivity contribution in [3.63, 3.8) is 0 Å². The van der Waals surface area contributed by atoms with E-state index < -0.39 is 0 Å². The van der Waals surface area contributed by atoms with E-state index in [9.17, 15) is 9.59 Å². The molecular formula is C16H10BrNO2S. The normalized spacial score (nSPS) is 15.0. The lowest BCUT2D eigenvalue weighted by molar-refractivity contribution is -0.120. The highest BCUT2D eigenvalue weighted by molar-refractivity contribution is 9.12. The lowest BCUT2D eigenvalue weighted by Crippen LogP contribution is -2.30. The van der Waals surface area contributed by atoms with Gasteiger partial charge in [0.05, 0.1) is 10.6 Å². The topological polar surface area (TPSA) is 37.4 Å². The summed E-state index contributed by atoms with van der Waals surface area (Å²) in [6, 6.07) is 18.4. The molecule has 0 N–H and O–H groups in total. The lowest BCUT2D eigenvalue weighted by atomic mass is 10.3. The third kappa shape index (κ3) is 2.66. The van der Waals surface area contributed by atoms with Gasteiger partial charge < -0.3 is 0 Å². The van der Waals surface area contributed by atoms with Gasteiger partial charge in [-0.15, -0.1) is 0 Å². The summed E-state index contributed by atoms with van der Waals surface area (Å²) in [4.78, 5) is 27.4. The van der Waals surface area contributed by atoms with Gasteiger partial charge in [-0.05, 0) is 40.2 Å². The Bertz CT molecular complexity index is 728. The zero-order valence-electron chi connectivity index (χ0n) is 10.8. The van der Waals surface area contributed by atoms with Crippen molar-refractivity contribution in [1.29, 1.82) is 0 Å². The van der Waals surface area contributed by atoms with Gasteiger partial charge in [-0.3, -0.25) is 9.59 Å². The molecule has 0 aliphatic carbocycles. The Kier molecular flexibility index (Phi) is 3.94. The molecule has 0 spiro atoms. The quantitative estimate of drug-likeness (QED) is 0.778. The first-order valence-corrected chi connectivity index (χ1v) is 7.86. The van der Waals surface area contributed by atoms with Crippen molar-refractivity contribution in [1.82, 2.24) is 0 Å². The van der Waals surface area contributed by atoms with Crippen LogP contribution in [0.3, 0.4) is 0 Å². The Morgan fingerprint density at radius 2 is 1.38 bits per heavy atom. The molecule has 1 aliphatic rings. The molecule has 2 amide bonds. The molecule has 104 valence electrons. The molecule has 0 atom stereocenters. The van der Waals surface area contributed by atoms with E-state index in [1.54, 1.807) is 24.3 Å². The number of carbonyl (C=O) groups excluding carboxylic acids is 2. The fraction of sp³-hybridized carbons (Fsp3) is 0. The van der Waals surface area contributed by atoms with Gasteiger partial charge in [-0.2, -0.15) is 0 Å². The van der Waals surface area contributed by atoms with E-state index in [4.69, 9.17) is 0 Å². The summed E-state index contributed by atoms with van der Waals surface area (Å²) in [6.07, 6.45) is 0. The molecule has 1 aliphatic heterocycles. The van der Waals surface area contributed by atoms with Crippen molar-refractivity contribution in [3.05, 3.63) is 70.1 Å². The zero-order chi connectivity index (χ0) is 14.8. The Morgan fingerprint density at radius 3 is 2.00 bits per heavy atom. The number of halogens is 1. The van der Waals surface area contributed by atoms with Crippen LogP contribution in [0.2, 0.25) is 0 Å². The first-order chi connectivity index (χ1) is 10.2. The van der Waals surface area contributed by atoms with E-state index in [1.165, 1.54) is 16.7 Å². The summed E-state index contributed by atoms with van der Waals surface area (Å²) in [5.41, 5.74) is 0.577. The van der Waals surface area contributed by atoms with Crippen LogP contribution in [0.5, 0.6) is 0 Å². The minimum atomic E-state index is -0.329. The van der Waals surface area contributed by atoms with E-state index in [0.717, 1.165) is 4.90 Å². The van der Waals surface area contributed by atoms with Crippen molar-refractivity contribution in [2.45, 2.75) is 4.90 Å². The van der Waals surface area contributed by atoms with Crippen LogP contribution in [-0.4, -0.2) is 11.8 Å². The molecule has 21 heavy (non-hydrogen) atoms. The maximum absolute atomic E-state index is 12.5. The Hall–Kier alpha value is -1.85. The highest BCUT2D eigenvalue weighted by atomic mass is 79.9. The van der Waals surface area contributed by atoms with Crippen molar-refractivity contribution in [2.24, 2.45) is 0 Å². The van der Waals surface area contributed by atoms with Crippen molar-refractivity contribution >= 4 is 45.2 Å². The number of hydrogen-bond donors (Lipinski definition) is 0. The molecule has 2 aromatic rings. The van der Waals surface area contributed by atoms with Crippen LogP contribution in [-0.2, 0) is 9.59 Å². The Morgan fingerprint density at radius 1 is 0.810 bits per heavy atom. The van der Waals surface area contributed by atoms with Crippen molar-refractivity contribution in [3.8, 4) is 0 Å². The minimum absolute atomic E-state index is 0.299. The lowest BCUT2D eigenvalue weighted by Gasteiger charge is -2.14. The van der Waals surface area contributed by atoms with Crippen LogP contribution in [0.25, 0.3) is 0 Å². The van der Waals surface area contributed by atoms with E-state index in [1.807, 2.05) is 36.4 Å². The molecule has 3 rings (SSSR count). The molecular weight excluding hydrogens is 350 g/mol. The third-order valence-electron chi connectivity index (χ3n) is 2.97. The first-order valence-electron chi connectivity index (χ1n) is 6.25. The van der Waals surface area contributed by atoms with Gasteiger partial charge in [-0.25, -0.2) is 4.90 Å². The van der Waals surface area contributed by atoms with Gasteiger partial charge in [0.25, 0.3) is 11.8 Å². The van der Waals surface area contributed by atoms with Crippen LogP contribution in [0.1, 0.15) is 0 Å². The number of amides is 2. The number of imide groups is 1. The van der Waals surface area contributed by atoms with Gasteiger partial charge >= 0.3 is 0 Å². The minimum Gasteiger partial charge on any atom is -0.268 e. The second-order valence-electron chi connectivity index (χ2n) is 4.34. The summed E-state index contributed by atoms with van der Waals surface area (Å²) in [7, 11) is 0. The molecule has 0 bridgehead atoms. The van der Waals surface area contributed by atoms with Crippen LogP contribution in [0.4, 0.5) is 5.69 Å². The first kappa shape index (κ1) is 14.1. The smallest absolute Gasteiger partial charge is 0.268 e. The number of nitrogens with zero attached hydrogens (tertiary/aromatic N) is 1. The molecule has 0 unspecified atom stereocenters. The molecule has 3 nitrogen and oxygen atoms in total. The summed E-state index contributed by atoms with van der Waals surface area (Å²) in [6.45, 7) is 0. The van der Waals surface area contributed by atoms with E-state index in [-0.39, 0.29) is 11.8 Å². The number of rotatable bonds is 3. The highest BCUT2D eigenvalue weighted by Gasteiger charge is 2.38. The molecule has 0 saturated carbocycles. The molecule has 0 fully saturated rings. The monoisotopic (exact) mass is 359 g/mol. The summed E-state index contributed by atoms with van der Waals surface area (Å²) < 4.78 is 0.310. The van der Waals surface area contributed by atoms with Crippen LogP contribution in [0, 0.1) is 0 Å². The van der Waals surface area contributed by atoms with Gasteiger partial charge in [0.1, 0.15) is 4.48 Å². The van der Waals surface area contributed by atoms with E-state index >= 15 is 0 Å². The maximum atomic E-state index is 12.5. The number of carbonyl (C=O) groups is 2.